The van der Waals surface area contributed by atoms with Crippen molar-refractivity contribution in [1.29, 1.82) is 0 Å². The molecule has 5 nitrogen and oxygen atoms in total. The molecule has 0 saturated heterocycles. The quantitative estimate of drug-likeness (QED) is 0.893. The standard InChI is InChI=1S/C9H9FO2.C5H11NO2/c10-8-4-1-7(2-5-8)3-6-9(11)12;1-5(2,3)8-4(6)7/h1-2,4-5H,3,6H2,(H,11,12);1-3H3,(H2,6,7). The van der Waals surface area contributed by atoms with E-state index in [1.807, 2.05) is 0 Å². The molecule has 0 aliphatic heterocycles. The summed E-state index contributed by atoms with van der Waals surface area (Å²) in [4.78, 5) is 20.2. The van der Waals surface area contributed by atoms with Crippen molar-refractivity contribution < 1.29 is 23.8 Å². The number of aryl methyl sites for hydroxylation is 1. The number of nitrogens with two attached hydrogens (primary N) is 1. The minimum absolute atomic E-state index is 0.0889. The molecule has 0 aromatic heterocycles. The van der Waals surface area contributed by atoms with Crippen LogP contribution >= 0.6 is 0 Å². The van der Waals surface area contributed by atoms with Crippen LogP contribution in [0.1, 0.15) is 32.8 Å². The number of ether oxygens (including phenoxy) is 1. The first-order valence-corrected chi connectivity index (χ1v) is 6.05. The van der Waals surface area contributed by atoms with Crippen LogP contribution in [0.4, 0.5) is 9.18 Å². The summed E-state index contributed by atoms with van der Waals surface area (Å²) >= 11 is 0. The molecule has 1 aromatic carbocycles. The van der Waals surface area contributed by atoms with Crippen LogP contribution in [0.2, 0.25) is 0 Å². The van der Waals surface area contributed by atoms with Crippen molar-refractivity contribution in [3.8, 4) is 0 Å². The molecule has 0 aliphatic rings. The predicted octanol–water partition coefficient (Wildman–Crippen LogP) is 2.72. The smallest absolute Gasteiger partial charge is 0.405 e. The van der Waals surface area contributed by atoms with Gasteiger partial charge in [0.1, 0.15) is 11.4 Å². The molecular formula is C14H20FNO4. The molecule has 3 N–H and O–H groups in total. The van der Waals surface area contributed by atoms with E-state index >= 15 is 0 Å². The molecule has 0 radical (unpaired) electrons. The van der Waals surface area contributed by atoms with E-state index in [0.717, 1.165) is 5.56 Å². The topological polar surface area (TPSA) is 89.6 Å². The van der Waals surface area contributed by atoms with E-state index in [9.17, 15) is 14.0 Å². The fourth-order valence-electron chi connectivity index (χ4n) is 1.20. The second kappa shape index (κ2) is 8.14. The van der Waals surface area contributed by atoms with Gasteiger partial charge in [0.15, 0.2) is 0 Å². The SMILES string of the molecule is CC(C)(C)OC(N)=O.O=C(O)CCc1ccc(F)cc1. The highest BCUT2D eigenvalue weighted by Crippen LogP contribution is 2.05. The lowest BCUT2D eigenvalue weighted by atomic mass is 10.1. The molecular weight excluding hydrogens is 265 g/mol. The maximum Gasteiger partial charge on any atom is 0.405 e. The van der Waals surface area contributed by atoms with E-state index in [1.165, 1.54) is 12.1 Å². The number of hydrogen-bond acceptors (Lipinski definition) is 3. The van der Waals surface area contributed by atoms with Gasteiger partial charge in [-0.3, -0.25) is 4.79 Å². The van der Waals surface area contributed by atoms with Gasteiger partial charge >= 0.3 is 12.1 Å². The Kier molecular flexibility index (Phi) is 7.28. The van der Waals surface area contributed by atoms with Crippen LogP contribution in [-0.4, -0.2) is 22.8 Å². The number of halogens is 1. The van der Waals surface area contributed by atoms with Crippen molar-refractivity contribution in [3.05, 3.63) is 35.6 Å². The second-order valence-electron chi connectivity index (χ2n) is 5.05. The number of carboxylic acid groups (broad SMARTS) is 1. The second-order valence-corrected chi connectivity index (χ2v) is 5.05. The number of carbonyl (C=O) groups is 2. The zero-order valence-electron chi connectivity index (χ0n) is 11.9. The molecule has 0 unspecified atom stereocenters. The van der Waals surface area contributed by atoms with E-state index in [-0.39, 0.29) is 12.2 Å². The highest BCUT2D eigenvalue weighted by atomic mass is 19.1. The zero-order valence-corrected chi connectivity index (χ0v) is 11.9. The molecule has 112 valence electrons. The highest BCUT2D eigenvalue weighted by molar-refractivity contribution is 5.67. The summed E-state index contributed by atoms with van der Waals surface area (Å²) in [6.45, 7) is 5.28. The number of carbonyl (C=O) groups excluding carboxylic acids is 1. The lowest BCUT2D eigenvalue weighted by molar-refractivity contribution is -0.136. The van der Waals surface area contributed by atoms with Crippen LogP contribution in [0.5, 0.6) is 0 Å². The Morgan fingerprint density at radius 3 is 2.05 bits per heavy atom. The van der Waals surface area contributed by atoms with E-state index < -0.39 is 17.7 Å². The van der Waals surface area contributed by atoms with Gasteiger partial charge in [-0.05, 0) is 44.9 Å². The Bertz CT molecular complexity index is 437. The van der Waals surface area contributed by atoms with Gasteiger partial charge in [-0.2, -0.15) is 0 Å². The largest absolute Gasteiger partial charge is 0.481 e. The summed E-state index contributed by atoms with van der Waals surface area (Å²) < 4.78 is 16.9. The first-order valence-electron chi connectivity index (χ1n) is 6.05. The van der Waals surface area contributed by atoms with Gasteiger partial charge < -0.3 is 15.6 Å². The third kappa shape index (κ3) is 11.0. The third-order valence-electron chi connectivity index (χ3n) is 1.95. The number of primary amides is 1. The number of carboxylic acids is 1. The number of rotatable bonds is 3. The maximum absolute atomic E-state index is 12.4. The van der Waals surface area contributed by atoms with Crippen molar-refractivity contribution >= 4 is 12.1 Å². The van der Waals surface area contributed by atoms with Crippen molar-refractivity contribution in [1.82, 2.24) is 0 Å². The molecule has 0 aliphatic carbocycles. The fraction of sp³-hybridized carbons (Fsp3) is 0.429. The fourth-order valence-corrected chi connectivity index (χ4v) is 1.20. The highest BCUT2D eigenvalue weighted by Gasteiger charge is 2.12. The first kappa shape index (κ1) is 17.9. The molecule has 1 amide bonds. The summed E-state index contributed by atoms with van der Waals surface area (Å²) in [5.41, 5.74) is 5.11. The van der Waals surface area contributed by atoms with Gasteiger partial charge in [-0.25, -0.2) is 9.18 Å². The van der Waals surface area contributed by atoms with Gasteiger partial charge in [-0.1, -0.05) is 12.1 Å². The molecule has 20 heavy (non-hydrogen) atoms. The van der Waals surface area contributed by atoms with E-state index in [0.29, 0.717) is 6.42 Å². The van der Waals surface area contributed by atoms with Crippen LogP contribution in [0.3, 0.4) is 0 Å². The average molecular weight is 285 g/mol. The first-order chi connectivity index (χ1) is 9.10. The van der Waals surface area contributed by atoms with E-state index in [4.69, 9.17) is 10.8 Å². The molecule has 6 heteroatoms. The molecule has 1 rings (SSSR count). The number of amides is 1. The number of benzene rings is 1. The number of hydrogen-bond donors (Lipinski definition) is 2. The van der Waals surface area contributed by atoms with Crippen molar-refractivity contribution in [2.24, 2.45) is 5.73 Å². The van der Waals surface area contributed by atoms with Gasteiger partial charge in [0.25, 0.3) is 0 Å². The molecule has 0 fully saturated rings. The molecule has 0 spiro atoms. The summed E-state index contributed by atoms with van der Waals surface area (Å²) in [5, 5.41) is 8.36. The Hall–Kier alpha value is -2.11. The van der Waals surface area contributed by atoms with Gasteiger partial charge in [0.05, 0.1) is 0 Å². The Labute approximate surface area is 117 Å². The number of aliphatic carboxylic acids is 1. The average Bonchev–Trinajstić information content (AvgIpc) is 2.25. The summed E-state index contributed by atoms with van der Waals surface area (Å²) in [7, 11) is 0. The minimum atomic E-state index is -0.834. The Balaban J connectivity index is 0.000000396. The summed E-state index contributed by atoms with van der Waals surface area (Å²) in [6, 6.07) is 5.85. The molecule has 0 bridgehead atoms. The predicted molar refractivity (Wildman–Crippen MR) is 72.8 cm³/mol. The molecule has 0 heterocycles. The maximum atomic E-state index is 12.4. The van der Waals surface area contributed by atoms with Crippen LogP contribution < -0.4 is 5.73 Å². The van der Waals surface area contributed by atoms with Gasteiger partial charge in [0, 0.05) is 6.42 Å². The van der Waals surface area contributed by atoms with Gasteiger partial charge in [0.2, 0.25) is 0 Å². The lowest BCUT2D eigenvalue weighted by Gasteiger charge is -2.16. The monoisotopic (exact) mass is 285 g/mol. The molecule has 0 atom stereocenters. The molecule has 1 aromatic rings. The lowest BCUT2D eigenvalue weighted by Crippen LogP contribution is -2.27. The zero-order chi connectivity index (χ0) is 15.8. The summed E-state index contributed by atoms with van der Waals surface area (Å²) in [6.07, 6.45) is -0.182. The Morgan fingerprint density at radius 1 is 1.25 bits per heavy atom. The normalized spacial score (nSPS) is 10.2. The van der Waals surface area contributed by atoms with Crippen molar-refractivity contribution in [2.45, 2.75) is 39.2 Å². The van der Waals surface area contributed by atoms with Crippen LogP contribution in [0, 0.1) is 5.82 Å². The summed E-state index contributed by atoms with van der Waals surface area (Å²) in [5.74, 6) is -1.13. The van der Waals surface area contributed by atoms with Crippen molar-refractivity contribution in [3.63, 3.8) is 0 Å². The van der Waals surface area contributed by atoms with E-state index in [1.54, 1.807) is 32.9 Å². The van der Waals surface area contributed by atoms with Crippen molar-refractivity contribution in [2.75, 3.05) is 0 Å². The molecule has 0 saturated carbocycles. The van der Waals surface area contributed by atoms with E-state index in [2.05, 4.69) is 4.74 Å². The third-order valence-corrected chi connectivity index (χ3v) is 1.95. The van der Waals surface area contributed by atoms with Gasteiger partial charge in [-0.15, -0.1) is 0 Å². The van der Waals surface area contributed by atoms with Crippen LogP contribution in [0.15, 0.2) is 24.3 Å². The Morgan fingerprint density at radius 2 is 1.75 bits per heavy atom. The van der Waals surface area contributed by atoms with Crippen LogP contribution in [-0.2, 0) is 16.0 Å². The van der Waals surface area contributed by atoms with Crippen LogP contribution in [0.25, 0.3) is 0 Å². The minimum Gasteiger partial charge on any atom is -0.481 e.